The standard InChI is InChI=1S/C13H19NO2/c1-4-13(9-15-2)8-10-7-11(16-3)5-6-12(10)14-13/h5-7,14H,4,8-9H2,1-3H3. The Hall–Kier alpha value is -1.22. The number of nitrogens with one attached hydrogen (secondary N) is 1. The predicted molar refractivity (Wildman–Crippen MR) is 65.2 cm³/mol. The minimum atomic E-state index is 0.0590. The Balaban J connectivity index is 2.25. The molecule has 1 aromatic rings. The van der Waals surface area contributed by atoms with Gasteiger partial charge in [-0.25, -0.2) is 0 Å². The third kappa shape index (κ3) is 1.87. The molecule has 1 aliphatic heterocycles. The fourth-order valence-corrected chi connectivity index (χ4v) is 2.34. The average Bonchev–Trinajstić information content (AvgIpc) is 2.67. The van der Waals surface area contributed by atoms with Crippen LogP contribution in [0.25, 0.3) is 0 Å². The van der Waals surface area contributed by atoms with Gasteiger partial charge in [0.05, 0.1) is 19.3 Å². The molecule has 1 heterocycles. The van der Waals surface area contributed by atoms with Crippen molar-refractivity contribution in [3.63, 3.8) is 0 Å². The number of hydrogen-bond donors (Lipinski definition) is 1. The van der Waals surface area contributed by atoms with Crippen molar-refractivity contribution < 1.29 is 9.47 Å². The Morgan fingerprint density at radius 1 is 1.38 bits per heavy atom. The Morgan fingerprint density at radius 2 is 2.19 bits per heavy atom. The van der Waals surface area contributed by atoms with E-state index in [0.29, 0.717) is 0 Å². The number of methoxy groups -OCH3 is 2. The van der Waals surface area contributed by atoms with Crippen molar-refractivity contribution in [3.8, 4) is 5.75 Å². The minimum absolute atomic E-state index is 0.0590. The summed E-state index contributed by atoms with van der Waals surface area (Å²) >= 11 is 0. The second-order valence-electron chi connectivity index (χ2n) is 4.39. The van der Waals surface area contributed by atoms with Gasteiger partial charge in [-0.15, -0.1) is 0 Å². The fraction of sp³-hybridized carbons (Fsp3) is 0.538. The molecule has 2 rings (SSSR count). The summed E-state index contributed by atoms with van der Waals surface area (Å²) in [7, 11) is 3.45. The molecule has 1 aromatic carbocycles. The van der Waals surface area contributed by atoms with Gasteiger partial charge in [0, 0.05) is 12.8 Å². The Bertz CT molecular complexity index is 378. The van der Waals surface area contributed by atoms with Crippen LogP contribution in [-0.2, 0) is 11.2 Å². The van der Waals surface area contributed by atoms with Crippen molar-refractivity contribution in [2.45, 2.75) is 25.3 Å². The highest BCUT2D eigenvalue weighted by molar-refractivity contribution is 5.61. The molecule has 1 N–H and O–H groups in total. The molecule has 0 spiro atoms. The molecule has 3 nitrogen and oxygen atoms in total. The van der Waals surface area contributed by atoms with E-state index in [4.69, 9.17) is 9.47 Å². The van der Waals surface area contributed by atoms with Crippen LogP contribution in [0.15, 0.2) is 18.2 Å². The van der Waals surface area contributed by atoms with Gasteiger partial charge in [-0.1, -0.05) is 6.92 Å². The number of hydrogen-bond acceptors (Lipinski definition) is 3. The molecule has 16 heavy (non-hydrogen) atoms. The highest BCUT2D eigenvalue weighted by atomic mass is 16.5. The number of fused-ring (bicyclic) bond motifs is 1. The van der Waals surface area contributed by atoms with E-state index in [1.165, 1.54) is 11.3 Å². The zero-order chi connectivity index (χ0) is 11.6. The Kier molecular flexibility index (Phi) is 3.06. The fourth-order valence-electron chi connectivity index (χ4n) is 2.34. The summed E-state index contributed by atoms with van der Waals surface area (Å²) in [5, 5.41) is 3.57. The van der Waals surface area contributed by atoms with Crippen molar-refractivity contribution in [2.75, 3.05) is 26.1 Å². The molecule has 0 aliphatic carbocycles. The molecule has 1 aliphatic rings. The molecule has 3 heteroatoms. The summed E-state index contributed by atoms with van der Waals surface area (Å²) in [5.41, 5.74) is 2.58. The van der Waals surface area contributed by atoms with Crippen LogP contribution < -0.4 is 10.1 Å². The van der Waals surface area contributed by atoms with Gasteiger partial charge in [0.1, 0.15) is 5.75 Å². The van der Waals surface area contributed by atoms with Crippen molar-refractivity contribution in [1.82, 2.24) is 0 Å². The summed E-state index contributed by atoms with van der Waals surface area (Å²) in [4.78, 5) is 0. The van der Waals surface area contributed by atoms with Crippen LogP contribution >= 0.6 is 0 Å². The van der Waals surface area contributed by atoms with Gasteiger partial charge in [-0.05, 0) is 36.6 Å². The monoisotopic (exact) mass is 221 g/mol. The van der Waals surface area contributed by atoms with E-state index in [-0.39, 0.29) is 5.54 Å². The van der Waals surface area contributed by atoms with Gasteiger partial charge < -0.3 is 14.8 Å². The van der Waals surface area contributed by atoms with Crippen LogP contribution in [0.4, 0.5) is 5.69 Å². The van der Waals surface area contributed by atoms with Crippen LogP contribution in [0.2, 0.25) is 0 Å². The molecule has 0 saturated heterocycles. The number of ether oxygens (including phenoxy) is 2. The van der Waals surface area contributed by atoms with Gasteiger partial charge >= 0.3 is 0 Å². The lowest BCUT2D eigenvalue weighted by Gasteiger charge is -2.27. The van der Waals surface area contributed by atoms with Crippen LogP contribution in [0.3, 0.4) is 0 Å². The van der Waals surface area contributed by atoms with E-state index in [0.717, 1.165) is 25.2 Å². The largest absolute Gasteiger partial charge is 0.497 e. The lowest BCUT2D eigenvalue weighted by atomic mass is 9.93. The first-order valence-electron chi connectivity index (χ1n) is 5.67. The van der Waals surface area contributed by atoms with Gasteiger partial charge in [-0.2, -0.15) is 0 Å². The maximum atomic E-state index is 5.31. The van der Waals surface area contributed by atoms with Crippen molar-refractivity contribution in [3.05, 3.63) is 23.8 Å². The van der Waals surface area contributed by atoms with E-state index in [1.807, 2.05) is 6.07 Å². The summed E-state index contributed by atoms with van der Waals surface area (Å²) in [6, 6.07) is 6.18. The normalized spacial score (nSPS) is 22.7. The second-order valence-corrected chi connectivity index (χ2v) is 4.39. The van der Waals surface area contributed by atoms with Crippen LogP contribution in [-0.4, -0.2) is 26.4 Å². The summed E-state index contributed by atoms with van der Waals surface area (Å²) < 4.78 is 10.6. The third-order valence-corrected chi connectivity index (χ3v) is 3.34. The van der Waals surface area contributed by atoms with Crippen molar-refractivity contribution >= 4 is 5.69 Å². The maximum Gasteiger partial charge on any atom is 0.119 e. The first kappa shape index (κ1) is 11.3. The van der Waals surface area contributed by atoms with Crippen molar-refractivity contribution in [1.29, 1.82) is 0 Å². The topological polar surface area (TPSA) is 30.5 Å². The summed E-state index contributed by atoms with van der Waals surface area (Å²) in [5.74, 6) is 0.921. The molecule has 1 atom stereocenters. The first-order chi connectivity index (χ1) is 7.73. The van der Waals surface area contributed by atoms with Crippen LogP contribution in [0, 0.1) is 0 Å². The molecular formula is C13H19NO2. The smallest absolute Gasteiger partial charge is 0.119 e. The zero-order valence-corrected chi connectivity index (χ0v) is 10.2. The van der Waals surface area contributed by atoms with E-state index in [9.17, 15) is 0 Å². The van der Waals surface area contributed by atoms with Gasteiger partial charge in [0.25, 0.3) is 0 Å². The van der Waals surface area contributed by atoms with Gasteiger partial charge in [0.2, 0.25) is 0 Å². The van der Waals surface area contributed by atoms with E-state index < -0.39 is 0 Å². The molecule has 0 fully saturated rings. The maximum absolute atomic E-state index is 5.31. The van der Waals surface area contributed by atoms with E-state index in [1.54, 1.807) is 14.2 Å². The number of benzene rings is 1. The predicted octanol–water partition coefficient (Wildman–Crippen LogP) is 2.46. The minimum Gasteiger partial charge on any atom is -0.497 e. The highest BCUT2D eigenvalue weighted by Gasteiger charge is 2.35. The SMILES string of the molecule is CCC1(COC)Cc2cc(OC)ccc2N1. The number of rotatable bonds is 4. The lowest BCUT2D eigenvalue weighted by molar-refractivity contribution is 0.143. The van der Waals surface area contributed by atoms with Crippen LogP contribution in [0.5, 0.6) is 5.75 Å². The molecule has 0 radical (unpaired) electrons. The Morgan fingerprint density at radius 3 is 2.81 bits per heavy atom. The highest BCUT2D eigenvalue weighted by Crippen LogP contribution is 2.36. The molecule has 0 amide bonds. The molecule has 1 unspecified atom stereocenters. The summed E-state index contributed by atoms with van der Waals surface area (Å²) in [6.07, 6.45) is 2.06. The first-order valence-corrected chi connectivity index (χ1v) is 5.67. The third-order valence-electron chi connectivity index (χ3n) is 3.34. The van der Waals surface area contributed by atoms with E-state index in [2.05, 4.69) is 24.4 Å². The Labute approximate surface area is 96.8 Å². The zero-order valence-electron chi connectivity index (χ0n) is 10.2. The van der Waals surface area contributed by atoms with Gasteiger partial charge in [-0.3, -0.25) is 0 Å². The molecular weight excluding hydrogens is 202 g/mol. The average molecular weight is 221 g/mol. The van der Waals surface area contributed by atoms with Gasteiger partial charge in [0.15, 0.2) is 0 Å². The molecule has 88 valence electrons. The number of anilines is 1. The van der Waals surface area contributed by atoms with Crippen LogP contribution in [0.1, 0.15) is 18.9 Å². The second kappa shape index (κ2) is 4.34. The van der Waals surface area contributed by atoms with E-state index >= 15 is 0 Å². The van der Waals surface area contributed by atoms with Crippen molar-refractivity contribution in [2.24, 2.45) is 0 Å². The quantitative estimate of drug-likeness (QED) is 0.847. The molecule has 0 aromatic heterocycles. The summed E-state index contributed by atoms with van der Waals surface area (Å²) in [6.45, 7) is 2.93. The molecule has 0 saturated carbocycles. The lowest BCUT2D eigenvalue weighted by Crippen LogP contribution is -2.40. The molecule has 0 bridgehead atoms.